The average molecular weight is 235 g/mol. The summed E-state index contributed by atoms with van der Waals surface area (Å²) >= 11 is 0. The third-order valence-corrected chi connectivity index (χ3v) is 4.44. The molecule has 1 aliphatic carbocycles. The normalized spacial score (nSPS) is 32.9. The molecule has 1 fully saturated rings. The summed E-state index contributed by atoms with van der Waals surface area (Å²) in [7, 11) is -4.12. The standard InChI is InChI=1S/C10H22NO3P/c1-3-9-7-5-6-8-10(9,4-2)11-15(12,13)14/h9H,3-8H2,1-2H3,(H3,11,12,13,14). The Balaban J connectivity index is 2.84. The Labute approximate surface area is 91.7 Å². The fourth-order valence-corrected chi connectivity index (χ4v) is 3.92. The van der Waals surface area contributed by atoms with Crippen molar-refractivity contribution in [2.24, 2.45) is 5.92 Å². The van der Waals surface area contributed by atoms with Crippen LogP contribution >= 0.6 is 7.75 Å². The van der Waals surface area contributed by atoms with Crippen molar-refractivity contribution in [2.45, 2.75) is 57.9 Å². The van der Waals surface area contributed by atoms with Gasteiger partial charge in [-0.25, -0.2) is 9.65 Å². The Morgan fingerprint density at radius 2 is 2.07 bits per heavy atom. The molecule has 1 aliphatic rings. The van der Waals surface area contributed by atoms with Crippen LogP contribution < -0.4 is 5.09 Å². The highest BCUT2D eigenvalue weighted by Crippen LogP contribution is 2.44. The molecule has 0 amide bonds. The maximum Gasteiger partial charge on any atom is 0.400 e. The Hall–Kier alpha value is 0.110. The average Bonchev–Trinajstić information content (AvgIpc) is 2.16. The Morgan fingerprint density at radius 1 is 1.40 bits per heavy atom. The molecule has 4 nitrogen and oxygen atoms in total. The number of hydrogen-bond donors (Lipinski definition) is 3. The van der Waals surface area contributed by atoms with Gasteiger partial charge in [0.1, 0.15) is 0 Å². The summed E-state index contributed by atoms with van der Waals surface area (Å²) in [5, 5.41) is 2.59. The lowest BCUT2D eigenvalue weighted by atomic mass is 9.71. The fraction of sp³-hybridized carbons (Fsp3) is 1.00. The van der Waals surface area contributed by atoms with Gasteiger partial charge in [-0.3, -0.25) is 0 Å². The van der Waals surface area contributed by atoms with E-state index in [1.54, 1.807) is 0 Å². The number of hydrogen-bond acceptors (Lipinski definition) is 1. The maximum absolute atomic E-state index is 11.1. The zero-order chi connectivity index (χ0) is 11.5. The first-order valence-corrected chi connectivity index (χ1v) is 7.40. The molecule has 3 N–H and O–H groups in total. The molecule has 0 aromatic rings. The van der Waals surface area contributed by atoms with Crippen LogP contribution in [0.4, 0.5) is 0 Å². The highest BCUT2D eigenvalue weighted by molar-refractivity contribution is 7.49. The quantitative estimate of drug-likeness (QED) is 0.654. The summed E-state index contributed by atoms with van der Waals surface area (Å²) in [5.41, 5.74) is -0.341. The molecule has 90 valence electrons. The lowest BCUT2D eigenvalue weighted by molar-refractivity contribution is 0.145. The molecule has 0 saturated heterocycles. The third kappa shape index (κ3) is 3.28. The zero-order valence-corrected chi connectivity index (χ0v) is 10.5. The van der Waals surface area contributed by atoms with Crippen LogP contribution in [0.2, 0.25) is 0 Å². The van der Waals surface area contributed by atoms with Gasteiger partial charge in [0.2, 0.25) is 0 Å². The Morgan fingerprint density at radius 3 is 2.53 bits per heavy atom. The van der Waals surface area contributed by atoms with Gasteiger partial charge in [-0.15, -0.1) is 0 Å². The second kappa shape index (κ2) is 4.96. The molecule has 2 atom stereocenters. The summed E-state index contributed by atoms with van der Waals surface area (Å²) < 4.78 is 11.1. The number of rotatable bonds is 4. The Kier molecular flexibility index (Phi) is 4.36. The van der Waals surface area contributed by atoms with Gasteiger partial charge in [-0.05, 0) is 25.2 Å². The van der Waals surface area contributed by atoms with E-state index in [2.05, 4.69) is 12.0 Å². The van der Waals surface area contributed by atoms with Gasteiger partial charge in [0, 0.05) is 5.54 Å². The lowest BCUT2D eigenvalue weighted by Crippen LogP contribution is -2.50. The monoisotopic (exact) mass is 235 g/mol. The lowest BCUT2D eigenvalue weighted by Gasteiger charge is -2.44. The van der Waals surface area contributed by atoms with Gasteiger partial charge < -0.3 is 9.79 Å². The maximum atomic E-state index is 11.1. The van der Waals surface area contributed by atoms with Gasteiger partial charge in [-0.1, -0.05) is 33.1 Å². The minimum Gasteiger partial charge on any atom is -0.313 e. The smallest absolute Gasteiger partial charge is 0.313 e. The predicted octanol–water partition coefficient (Wildman–Crippen LogP) is 2.42. The topological polar surface area (TPSA) is 69.6 Å². The predicted molar refractivity (Wildman–Crippen MR) is 60.5 cm³/mol. The Bertz CT molecular complexity index is 253. The van der Waals surface area contributed by atoms with Crippen LogP contribution in [-0.4, -0.2) is 15.3 Å². The summed E-state index contributed by atoms with van der Waals surface area (Å²) in [5.74, 6) is 0.392. The molecule has 0 heterocycles. The van der Waals surface area contributed by atoms with Crippen molar-refractivity contribution >= 4 is 7.75 Å². The minimum atomic E-state index is -4.12. The molecule has 0 bridgehead atoms. The molecule has 0 radical (unpaired) electrons. The second-order valence-electron chi connectivity index (χ2n) is 4.52. The minimum absolute atomic E-state index is 0.341. The van der Waals surface area contributed by atoms with Crippen molar-refractivity contribution < 1.29 is 14.4 Å². The molecule has 0 aromatic heterocycles. The SMILES string of the molecule is CCC1CCCCC1(CC)NP(=O)(O)O. The van der Waals surface area contributed by atoms with E-state index in [1.807, 2.05) is 6.92 Å². The van der Waals surface area contributed by atoms with Crippen LogP contribution in [0.1, 0.15) is 52.4 Å². The van der Waals surface area contributed by atoms with Gasteiger partial charge in [0.15, 0.2) is 0 Å². The van der Waals surface area contributed by atoms with Crippen LogP contribution in [0, 0.1) is 5.92 Å². The van der Waals surface area contributed by atoms with Crippen molar-refractivity contribution in [1.82, 2.24) is 5.09 Å². The molecular formula is C10H22NO3P. The van der Waals surface area contributed by atoms with Crippen molar-refractivity contribution in [3.05, 3.63) is 0 Å². The van der Waals surface area contributed by atoms with Gasteiger partial charge >= 0.3 is 7.75 Å². The van der Waals surface area contributed by atoms with E-state index in [0.717, 1.165) is 32.1 Å². The van der Waals surface area contributed by atoms with Gasteiger partial charge in [0.05, 0.1) is 0 Å². The van der Waals surface area contributed by atoms with Crippen LogP contribution in [0.5, 0.6) is 0 Å². The molecule has 2 unspecified atom stereocenters. The van der Waals surface area contributed by atoms with Gasteiger partial charge in [-0.2, -0.15) is 0 Å². The molecule has 0 aromatic carbocycles. The fourth-order valence-electron chi connectivity index (χ4n) is 2.89. The molecule has 0 spiro atoms. The van der Waals surface area contributed by atoms with Crippen LogP contribution in [0.25, 0.3) is 0 Å². The number of nitrogens with one attached hydrogen (secondary N) is 1. The van der Waals surface area contributed by atoms with Crippen LogP contribution in [-0.2, 0) is 4.57 Å². The van der Waals surface area contributed by atoms with E-state index >= 15 is 0 Å². The first-order valence-electron chi connectivity index (χ1n) is 5.78. The molecule has 0 aliphatic heterocycles. The van der Waals surface area contributed by atoms with Crippen molar-refractivity contribution in [3.63, 3.8) is 0 Å². The molecule has 15 heavy (non-hydrogen) atoms. The van der Waals surface area contributed by atoms with Crippen LogP contribution in [0.3, 0.4) is 0 Å². The summed E-state index contributed by atoms with van der Waals surface area (Å²) in [6.45, 7) is 4.11. The van der Waals surface area contributed by atoms with E-state index in [1.165, 1.54) is 6.42 Å². The molecule has 5 heteroatoms. The van der Waals surface area contributed by atoms with Crippen molar-refractivity contribution in [2.75, 3.05) is 0 Å². The highest BCUT2D eigenvalue weighted by Gasteiger charge is 2.41. The van der Waals surface area contributed by atoms with E-state index in [4.69, 9.17) is 9.79 Å². The van der Waals surface area contributed by atoms with Crippen molar-refractivity contribution in [3.8, 4) is 0 Å². The van der Waals surface area contributed by atoms with E-state index < -0.39 is 7.75 Å². The van der Waals surface area contributed by atoms with E-state index in [-0.39, 0.29) is 5.54 Å². The van der Waals surface area contributed by atoms with Gasteiger partial charge in [0.25, 0.3) is 0 Å². The molecule has 1 rings (SSSR count). The highest BCUT2D eigenvalue weighted by atomic mass is 31.2. The zero-order valence-electron chi connectivity index (χ0n) is 9.57. The molecule has 1 saturated carbocycles. The third-order valence-electron chi connectivity index (χ3n) is 3.70. The summed E-state index contributed by atoms with van der Waals surface area (Å²) in [4.78, 5) is 18.2. The first kappa shape index (κ1) is 13.2. The van der Waals surface area contributed by atoms with E-state index in [0.29, 0.717) is 5.92 Å². The second-order valence-corrected chi connectivity index (χ2v) is 5.83. The molecular weight excluding hydrogens is 213 g/mol. The van der Waals surface area contributed by atoms with Crippen molar-refractivity contribution in [1.29, 1.82) is 0 Å². The summed E-state index contributed by atoms with van der Waals surface area (Å²) in [6, 6.07) is 0. The van der Waals surface area contributed by atoms with Crippen LogP contribution in [0.15, 0.2) is 0 Å². The largest absolute Gasteiger partial charge is 0.400 e. The van der Waals surface area contributed by atoms with E-state index in [9.17, 15) is 4.57 Å². The summed E-state index contributed by atoms with van der Waals surface area (Å²) in [6.07, 6.45) is 5.99. The first-order chi connectivity index (χ1) is 6.93.